The Kier molecular flexibility index (Phi) is 6.40. The maximum atomic E-state index is 12.3. The molecule has 0 atom stereocenters. The van der Waals surface area contributed by atoms with Gasteiger partial charge < -0.3 is 20.2 Å². The van der Waals surface area contributed by atoms with Crippen LogP contribution >= 0.6 is 0 Å². The van der Waals surface area contributed by atoms with Crippen molar-refractivity contribution in [2.75, 3.05) is 5.32 Å². The van der Waals surface area contributed by atoms with Gasteiger partial charge in [-0.15, -0.1) is 10.2 Å². The monoisotopic (exact) mass is 443 g/mol. The molecule has 9 nitrogen and oxygen atoms in total. The second-order valence-electron chi connectivity index (χ2n) is 7.29. The number of aryl methyl sites for hydroxylation is 2. The summed E-state index contributed by atoms with van der Waals surface area (Å²) < 4.78 is 11.3. The highest BCUT2D eigenvalue weighted by molar-refractivity contribution is 5.93. The minimum absolute atomic E-state index is 0.174. The molecule has 0 unspecified atom stereocenters. The van der Waals surface area contributed by atoms with Crippen LogP contribution in [0.3, 0.4) is 0 Å². The predicted molar refractivity (Wildman–Crippen MR) is 121 cm³/mol. The van der Waals surface area contributed by atoms with Gasteiger partial charge in [0.05, 0.1) is 11.9 Å². The van der Waals surface area contributed by atoms with Gasteiger partial charge in [-0.1, -0.05) is 23.8 Å². The SMILES string of the molecule is Cc1ccc(-c2nnc(CCC(=O)Nc3ccc(Oc4cccc(C(N)=O)c4)nc3)o2)cc1. The van der Waals surface area contributed by atoms with Crippen LogP contribution in [0.25, 0.3) is 11.5 Å². The van der Waals surface area contributed by atoms with Gasteiger partial charge in [0.25, 0.3) is 0 Å². The number of amides is 2. The van der Waals surface area contributed by atoms with Crippen molar-refractivity contribution < 1.29 is 18.7 Å². The normalized spacial score (nSPS) is 10.6. The van der Waals surface area contributed by atoms with Gasteiger partial charge in [-0.3, -0.25) is 9.59 Å². The van der Waals surface area contributed by atoms with Crippen LogP contribution in [0.1, 0.15) is 28.2 Å². The molecule has 166 valence electrons. The first-order valence-corrected chi connectivity index (χ1v) is 10.2. The van der Waals surface area contributed by atoms with Crippen LogP contribution in [0.4, 0.5) is 5.69 Å². The van der Waals surface area contributed by atoms with Crippen LogP contribution in [0, 0.1) is 6.92 Å². The Balaban J connectivity index is 1.29. The van der Waals surface area contributed by atoms with E-state index in [0.29, 0.717) is 41.1 Å². The zero-order chi connectivity index (χ0) is 23.2. The summed E-state index contributed by atoms with van der Waals surface area (Å²) in [5, 5.41) is 10.8. The number of nitrogens with two attached hydrogens (primary N) is 1. The molecule has 0 bridgehead atoms. The zero-order valence-corrected chi connectivity index (χ0v) is 17.8. The van der Waals surface area contributed by atoms with Gasteiger partial charge in [0, 0.05) is 30.0 Å². The first-order valence-electron chi connectivity index (χ1n) is 10.2. The molecular weight excluding hydrogens is 422 g/mol. The highest BCUT2D eigenvalue weighted by Crippen LogP contribution is 2.22. The van der Waals surface area contributed by atoms with E-state index in [2.05, 4.69) is 20.5 Å². The summed E-state index contributed by atoms with van der Waals surface area (Å²) in [5.41, 5.74) is 8.10. The Morgan fingerprint density at radius 1 is 1.06 bits per heavy atom. The lowest BCUT2D eigenvalue weighted by Gasteiger charge is -2.07. The van der Waals surface area contributed by atoms with Crippen molar-refractivity contribution in [1.29, 1.82) is 0 Å². The fourth-order valence-electron chi connectivity index (χ4n) is 2.96. The second-order valence-corrected chi connectivity index (χ2v) is 7.29. The average Bonchev–Trinajstić information content (AvgIpc) is 3.29. The molecule has 0 fully saturated rings. The lowest BCUT2D eigenvalue weighted by atomic mass is 10.1. The molecule has 2 heterocycles. The summed E-state index contributed by atoms with van der Waals surface area (Å²) in [4.78, 5) is 27.7. The van der Waals surface area contributed by atoms with Crippen LogP contribution in [-0.2, 0) is 11.2 Å². The van der Waals surface area contributed by atoms with Crippen molar-refractivity contribution in [3.05, 3.63) is 83.9 Å². The van der Waals surface area contributed by atoms with E-state index in [0.717, 1.165) is 11.1 Å². The fourth-order valence-corrected chi connectivity index (χ4v) is 2.96. The summed E-state index contributed by atoms with van der Waals surface area (Å²) in [6.07, 6.45) is 1.97. The van der Waals surface area contributed by atoms with E-state index < -0.39 is 5.91 Å². The number of anilines is 1. The molecule has 0 aliphatic rings. The van der Waals surface area contributed by atoms with Gasteiger partial charge >= 0.3 is 0 Å². The van der Waals surface area contributed by atoms with Crippen LogP contribution in [0.15, 0.2) is 71.3 Å². The van der Waals surface area contributed by atoms with Crippen molar-refractivity contribution in [2.24, 2.45) is 5.73 Å². The van der Waals surface area contributed by atoms with Crippen molar-refractivity contribution >= 4 is 17.5 Å². The Bertz CT molecular complexity index is 1270. The van der Waals surface area contributed by atoms with Gasteiger partial charge in [-0.25, -0.2) is 4.98 Å². The molecule has 3 N–H and O–H groups in total. The number of pyridine rings is 1. The topological polar surface area (TPSA) is 133 Å². The molecular formula is C24H21N5O4. The standard InChI is InChI=1S/C24H21N5O4/c1-15-5-7-16(8-6-15)24-29-28-22(33-24)12-10-20(30)27-18-9-11-21(26-14-18)32-19-4-2-3-17(13-19)23(25)31/h2-9,11,13-14H,10,12H2,1H3,(H2,25,31)(H,27,30). The highest BCUT2D eigenvalue weighted by Gasteiger charge is 2.11. The third-order valence-electron chi connectivity index (χ3n) is 4.69. The van der Waals surface area contributed by atoms with Crippen molar-refractivity contribution in [3.8, 4) is 23.1 Å². The third-order valence-corrected chi connectivity index (χ3v) is 4.69. The van der Waals surface area contributed by atoms with E-state index in [1.165, 1.54) is 12.3 Å². The molecule has 0 saturated carbocycles. The lowest BCUT2D eigenvalue weighted by molar-refractivity contribution is -0.116. The van der Waals surface area contributed by atoms with Crippen LogP contribution in [-0.4, -0.2) is 27.0 Å². The van der Waals surface area contributed by atoms with Crippen molar-refractivity contribution in [1.82, 2.24) is 15.2 Å². The van der Waals surface area contributed by atoms with Gasteiger partial charge in [-0.2, -0.15) is 0 Å². The molecule has 0 saturated heterocycles. The molecule has 2 amide bonds. The number of carbonyl (C=O) groups excluding carboxylic acids is 2. The first kappa shape index (κ1) is 21.7. The average molecular weight is 443 g/mol. The maximum absolute atomic E-state index is 12.3. The summed E-state index contributed by atoms with van der Waals surface area (Å²) in [6, 6.07) is 17.5. The van der Waals surface area contributed by atoms with Gasteiger partial charge in [0.15, 0.2) is 0 Å². The number of nitrogens with one attached hydrogen (secondary N) is 1. The van der Waals surface area contributed by atoms with E-state index >= 15 is 0 Å². The molecule has 9 heteroatoms. The van der Waals surface area contributed by atoms with Gasteiger partial charge in [0.1, 0.15) is 5.75 Å². The van der Waals surface area contributed by atoms with E-state index in [9.17, 15) is 9.59 Å². The van der Waals surface area contributed by atoms with E-state index in [1.807, 2.05) is 31.2 Å². The van der Waals surface area contributed by atoms with Crippen LogP contribution in [0.5, 0.6) is 11.6 Å². The largest absolute Gasteiger partial charge is 0.439 e. The number of carbonyl (C=O) groups is 2. The quantitative estimate of drug-likeness (QED) is 0.422. The summed E-state index contributed by atoms with van der Waals surface area (Å²) >= 11 is 0. The predicted octanol–water partition coefficient (Wildman–Crippen LogP) is 3.90. The second kappa shape index (κ2) is 9.73. The summed E-state index contributed by atoms with van der Waals surface area (Å²) in [6.45, 7) is 2.00. The number of nitrogens with zero attached hydrogens (tertiary/aromatic N) is 3. The third kappa shape index (κ3) is 5.79. The minimum Gasteiger partial charge on any atom is -0.439 e. The minimum atomic E-state index is -0.543. The fraction of sp³-hybridized carbons (Fsp3) is 0.125. The number of aromatic nitrogens is 3. The molecule has 0 aliphatic heterocycles. The van der Waals surface area contributed by atoms with E-state index in [4.69, 9.17) is 14.9 Å². The Hall–Kier alpha value is -4.53. The summed E-state index contributed by atoms with van der Waals surface area (Å²) in [7, 11) is 0. The number of ether oxygens (including phenoxy) is 1. The highest BCUT2D eigenvalue weighted by atomic mass is 16.5. The van der Waals surface area contributed by atoms with Crippen molar-refractivity contribution in [3.63, 3.8) is 0 Å². The number of hydrogen-bond donors (Lipinski definition) is 2. The van der Waals surface area contributed by atoms with Crippen LogP contribution < -0.4 is 15.8 Å². The molecule has 33 heavy (non-hydrogen) atoms. The van der Waals surface area contributed by atoms with Gasteiger partial charge in [0.2, 0.25) is 29.5 Å². The maximum Gasteiger partial charge on any atom is 0.248 e. The summed E-state index contributed by atoms with van der Waals surface area (Å²) in [5.74, 6) is 0.796. The number of hydrogen-bond acceptors (Lipinski definition) is 7. The number of rotatable bonds is 8. The molecule has 2 aromatic heterocycles. The van der Waals surface area contributed by atoms with E-state index in [-0.39, 0.29) is 12.3 Å². The number of benzene rings is 2. The first-order chi connectivity index (χ1) is 16.0. The molecule has 0 radical (unpaired) electrons. The zero-order valence-electron chi connectivity index (χ0n) is 17.8. The molecule has 4 rings (SSSR count). The lowest BCUT2D eigenvalue weighted by Crippen LogP contribution is -2.12. The smallest absolute Gasteiger partial charge is 0.248 e. The van der Waals surface area contributed by atoms with Crippen LogP contribution in [0.2, 0.25) is 0 Å². The van der Waals surface area contributed by atoms with Crippen molar-refractivity contribution in [2.45, 2.75) is 19.8 Å². The van der Waals surface area contributed by atoms with E-state index in [1.54, 1.807) is 30.3 Å². The molecule has 0 aliphatic carbocycles. The van der Waals surface area contributed by atoms with Gasteiger partial charge in [-0.05, 0) is 43.3 Å². The molecule has 0 spiro atoms. The Labute approximate surface area is 189 Å². The number of primary amides is 1. The molecule has 4 aromatic rings. The Morgan fingerprint density at radius 3 is 2.61 bits per heavy atom. The molecule has 2 aromatic carbocycles. The Morgan fingerprint density at radius 2 is 1.88 bits per heavy atom.